The van der Waals surface area contributed by atoms with Crippen LogP contribution in [-0.4, -0.2) is 48.2 Å². The van der Waals surface area contributed by atoms with Gasteiger partial charge in [0.15, 0.2) is 0 Å². The molecule has 0 spiro atoms. The number of anilines is 1. The number of rotatable bonds is 5. The lowest BCUT2D eigenvalue weighted by molar-refractivity contribution is -0.136. The fourth-order valence-corrected chi connectivity index (χ4v) is 4.27. The summed E-state index contributed by atoms with van der Waals surface area (Å²) in [5, 5.41) is 2.96. The molecule has 0 aromatic heterocycles. The lowest BCUT2D eigenvalue weighted by Crippen LogP contribution is -2.26. The number of carbonyl (C=O) groups is 3. The van der Waals surface area contributed by atoms with Gasteiger partial charge in [-0.15, -0.1) is 0 Å². The Morgan fingerprint density at radius 3 is 2.94 bits per heavy atom. The maximum atomic E-state index is 12.8. The highest BCUT2D eigenvalue weighted by atomic mass is 16.5. The maximum absolute atomic E-state index is 12.8. The van der Waals surface area contributed by atoms with Gasteiger partial charge >= 0.3 is 5.97 Å². The van der Waals surface area contributed by atoms with Crippen LogP contribution < -0.4 is 5.32 Å². The Balaban J connectivity index is 1.21. The molecule has 2 amide bonds. The van der Waals surface area contributed by atoms with Gasteiger partial charge in [0.2, 0.25) is 0 Å². The zero-order chi connectivity index (χ0) is 24.4. The Bertz CT molecular complexity index is 1340. The third-order valence-electron chi connectivity index (χ3n) is 6.16. The molecular weight excluding hydrogens is 444 g/mol. The second kappa shape index (κ2) is 9.60. The van der Waals surface area contributed by atoms with Crippen molar-refractivity contribution < 1.29 is 19.1 Å². The van der Waals surface area contributed by atoms with Gasteiger partial charge in [-0.25, -0.2) is 14.8 Å². The number of dihydropyridines is 2. The molecule has 8 heteroatoms. The second-order valence-electron chi connectivity index (χ2n) is 8.74. The smallest absolute Gasteiger partial charge is 0.357 e. The lowest BCUT2D eigenvalue weighted by atomic mass is 9.99. The van der Waals surface area contributed by atoms with Crippen LogP contribution in [0.1, 0.15) is 27.0 Å². The summed E-state index contributed by atoms with van der Waals surface area (Å²) >= 11 is 0. The predicted molar refractivity (Wildman–Crippen MR) is 132 cm³/mol. The van der Waals surface area contributed by atoms with Crippen molar-refractivity contribution in [1.29, 1.82) is 0 Å². The normalized spacial score (nSPS) is 18.8. The topological polar surface area (TPSA) is 100 Å². The van der Waals surface area contributed by atoms with Crippen LogP contribution in [0.5, 0.6) is 0 Å². The summed E-state index contributed by atoms with van der Waals surface area (Å²) < 4.78 is 5.40. The molecule has 5 rings (SSSR count). The SMILES string of the molecule is CN1CCc2ccc(NC(=O)c3cccc(COC(=O)C4=NC5=CC=NC(=O)C5C=C4)c3)cc2C1. The van der Waals surface area contributed by atoms with E-state index in [1.54, 1.807) is 36.4 Å². The molecule has 176 valence electrons. The number of carbonyl (C=O) groups excluding carboxylic acids is 3. The first-order valence-electron chi connectivity index (χ1n) is 11.4. The van der Waals surface area contributed by atoms with Crippen LogP contribution in [0.25, 0.3) is 0 Å². The summed E-state index contributed by atoms with van der Waals surface area (Å²) in [6.07, 6.45) is 7.06. The van der Waals surface area contributed by atoms with E-state index in [0.717, 1.165) is 25.2 Å². The highest BCUT2D eigenvalue weighted by molar-refractivity contribution is 6.41. The maximum Gasteiger partial charge on any atom is 0.357 e. The van der Waals surface area contributed by atoms with Crippen LogP contribution in [-0.2, 0) is 33.9 Å². The van der Waals surface area contributed by atoms with Gasteiger partial charge in [0, 0.05) is 30.6 Å². The van der Waals surface area contributed by atoms with E-state index >= 15 is 0 Å². The van der Waals surface area contributed by atoms with Crippen molar-refractivity contribution >= 4 is 35.4 Å². The standard InChI is InChI=1S/C27H24N4O4/c1-31-12-10-18-5-6-21(14-20(18)15-31)29-25(32)19-4-2-3-17(13-19)16-35-27(34)24-8-7-22-23(30-24)9-11-28-26(22)33/h2-9,11,13-14,22H,10,12,15-16H2,1H3,(H,29,32). The average molecular weight is 469 g/mol. The van der Waals surface area contributed by atoms with E-state index in [4.69, 9.17) is 4.74 Å². The highest BCUT2D eigenvalue weighted by Crippen LogP contribution is 2.24. The summed E-state index contributed by atoms with van der Waals surface area (Å²) in [4.78, 5) is 47.3. The number of ether oxygens (including phenoxy) is 1. The molecule has 1 N–H and O–H groups in total. The van der Waals surface area contributed by atoms with Crippen LogP contribution >= 0.6 is 0 Å². The van der Waals surface area contributed by atoms with Crippen molar-refractivity contribution in [2.24, 2.45) is 15.9 Å². The number of fused-ring (bicyclic) bond motifs is 2. The molecule has 8 nitrogen and oxygen atoms in total. The van der Waals surface area contributed by atoms with Gasteiger partial charge in [-0.05, 0) is 66.6 Å². The predicted octanol–water partition coefficient (Wildman–Crippen LogP) is 3.09. The number of hydrogen-bond acceptors (Lipinski definition) is 6. The Kier molecular flexibility index (Phi) is 6.20. The van der Waals surface area contributed by atoms with E-state index in [2.05, 4.69) is 33.3 Å². The van der Waals surface area contributed by atoms with E-state index in [1.165, 1.54) is 23.4 Å². The minimum absolute atomic E-state index is 0.0130. The fourth-order valence-electron chi connectivity index (χ4n) is 4.27. The van der Waals surface area contributed by atoms with E-state index in [1.807, 2.05) is 12.1 Å². The summed E-state index contributed by atoms with van der Waals surface area (Å²) in [6, 6.07) is 13.0. The van der Waals surface area contributed by atoms with Crippen LogP contribution in [0.4, 0.5) is 5.69 Å². The van der Waals surface area contributed by atoms with Crippen molar-refractivity contribution in [3.8, 4) is 0 Å². The number of aliphatic imine (C=N–C) groups is 2. The van der Waals surface area contributed by atoms with Crippen molar-refractivity contribution in [2.45, 2.75) is 19.6 Å². The Hall–Kier alpha value is -4.17. The number of nitrogens with one attached hydrogen (secondary N) is 1. The molecule has 3 heterocycles. The van der Waals surface area contributed by atoms with Gasteiger partial charge in [0.05, 0.1) is 5.70 Å². The second-order valence-corrected chi connectivity index (χ2v) is 8.74. The van der Waals surface area contributed by atoms with Gasteiger partial charge < -0.3 is 15.0 Å². The molecule has 2 aromatic rings. The molecule has 0 aliphatic carbocycles. The molecule has 0 radical (unpaired) electrons. The van der Waals surface area contributed by atoms with Crippen LogP contribution in [0.3, 0.4) is 0 Å². The van der Waals surface area contributed by atoms with Crippen LogP contribution in [0.15, 0.2) is 76.4 Å². The number of benzene rings is 2. The number of allylic oxidation sites excluding steroid dienone is 1. The molecule has 0 saturated heterocycles. The largest absolute Gasteiger partial charge is 0.456 e. The van der Waals surface area contributed by atoms with Crippen molar-refractivity contribution in [3.63, 3.8) is 0 Å². The highest BCUT2D eigenvalue weighted by Gasteiger charge is 2.27. The van der Waals surface area contributed by atoms with Gasteiger partial charge in [-0.2, -0.15) is 0 Å². The monoisotopic (exact) mass is 468 g/mol. The molecule has 0 fully saturated rings. The third-order valence-corrected chi connectivity index (χ3v) is 6.16. The lowest BCUT2D eigenvalue weighted by Gasteiger charge is -2.25. The first-order chi connectivity index (χ1) is 17.0. The minimum atomic E-state index is -0.607. The van der Waals surface area contributed by atoms with Gasteiger partial charge in [-0.3, -0.25) is 9.59 Å². The molecule has 0 bridgehead atoms. The minimum Gasteiger partial charge on any atom is -0.456 e. The summed E-state index contributed by atoms with van der Waals surface area (Å²) in [5.74, 6) is -1.71. The molecule has 3 aliphatic heterocycles. The molecule has 1 unspecified atom stereocenters. The quantitative estimate of drug-likeness (QED) is 0.680. The van der Waals surface area contributed by atoms with Gasteiger partial charge in [0.1, 0.15) is 18.2 Å². The first-order valence-corrected chi connectivity index (χ1v) is 11.4. The van der Waals surface area contributed by atoms with E-state index < -0.39 is 11.9 Å². The van der Waals surface area contributed by atoms with Crippen LogP contribution in [0, 0.1) is 5.92 Å². The molecular formula is C27H24N4O4. The first kappa shape index (κ1) is 22.6. The molecule has 3 aliphatic rings. The van der Waals surface area contributed by atoms with Crippen molar-refractivity contribution in [3.05, 3.63) is 88.6 Å². The number of nitrogens with zero attached hydrogens (tertiary/aromatic N) is 3. The van der Waals surface area contributed by atoms with Crippen molar-refractivity contribution in [1.82, 2.24) is 4.90 Å². The van der Waals surface area contributed by atoms with E-state index in [0.29, 0.717) is 16.8 Å². The molecule has 2 aromatic carbocycles. The average Bonchev–Trinajstić information content (AvgIpc) is 2.87. The number of hydrogen-bond donors (Lipinski definition) is 1. The number of likely N-dealkylation sites (N-methyl/N-ethyl adjacent to an activating group) is 1. The molecule has 1 atom stereocenters. The van der Waals surface area contributed by atoms with Crippen LogP contribution in [0.2, 0.25) is 0 Å². The molecule has 35 heavy (non-hydrogen) atoms. The number of amides is 2. The third kappa shape index (κ3) is 5.02. The zero-order valence-electron chi connectivity index (χ0n) is 19.2. The fraction of sp³-hybridized carbons (Fsp3) is 0.222. The summed E-state index contributed by atoms with van der Waals surface area (Å²) in [7, 11) is 2.09. The Morgan fingerprint density at radius 2 is 2.06 bits per heavy atom. The van der Waals surface area contributed by atoms with E-state index in [9.17, 15) is 14.4 Å². The molecule has 0 saturated carbocycles. The zero-order valence-corrected chi connectivity index (χ0v) is 19.2. The summed E-state index contributed by atoms with van der Waals surface area (Å²) in [5.41, 5.74) is 5.02. The van der Waals surface area contributed by atoms with Gasteiger partial charge in [0.25, 0.3) is 11.8 Å². The Labute approximate surface area is 202 Å². The van der Waals surface area contributed by atoms with Crippen molar-refractivity contribution in [2.75, 3.05) is 18.9 Å². The number of esters is 1. The summed E-state index contributed by atoms with van der Waals surface area (Å²) in [6.45, 7) is 1.88. The van der Waals surface area contributed by atoms with Gasteiger partial charge in [-0.1, -0.05) is 24.3 Å². The Morgan fingerprint density at radius 1 is 1.17 bits per heavy atom. The van der Waals surface area contributed by atoms with E-state index in [-0.39, 0.29) is 24.1 Å².